The van der Waals surface area contributed by atoms with Crippen molar-refractivity contribution >= 4 is 15.8 Å². The lowest BCUT2D eigenvalue weighted by Gasteiger charge is -2.37. The van der Waals surface area contributed by atoms with Crippen LogP contribution in [0.5, 0.6) is 0 Å². The highest BCUT2D eigenvalue weighted by Crippen LogP contribution is 2.57. The van der Waals surface area contributed by atoms with Crippen molar-refractivity contribution in [2.24, 2.45) is 0 Å². The largest absolute Gasteiger partial charge is 0.101 e. The van der Waals surface area contributed by atoms with Crippen LogP contribution in [0, 0.1) is 0 Å². The molecular formula is C20H38P2. The Morgan fingerprint density at radius 1 is 0.864 bits per heavy atom. The quantitative estimate of drug-likeness (QED) is 0.388. The Balaban J connectivity index is 2.87. The second-order valence-electron chi connectivity index (χ2n) is 7.74. The van der Waals surface area contributed by atoms with Crippen LogP contribution in [0.15, 0.2) is 23.8 Å². The molecule has 1 aliphatic rings. The SMILES string of the molecule is CC(C)P(CCC(C1=CC=CC1)P(C(C)C)C(C)C)C(C)C. The first-order valence-electron chi connectivity index (χ1n) is 9.14. The molecule has 1 unspecified atom stereocenters. The second kappa shape index (κ2) is 9.59. The van der Waals surface area contributed by atoms with Crippen LogP contribution in [0.3, 0.4) is 0 Å². The maximum Gasteiger partial charge on any atom is 0.00148 e. The Bertz CT molecular complexity index is 361. The molecule has 2 heteroatoms. The molecule has 1 aliphatic carbocycles. The maximum atomic E-state index is 2.45. The van der Waals surface area contributed by atoms with Gasteiger partial charge in [0.2, 0.25) is 0 Å². The number of hydrogen-bond acceptors (Lipinski definition) is 0. The number of rotatable bonds is 9. The van der Waals surface area contributed by atoms with E-state index in [0.717, 1.165) is 28.3 Å². The van der Waals surface area contributed by atoms with E-state index in [0.29, 0.717) is 0 Å². The van der Waals surface area contributed by atoms with Crippen LogP contribution in [-0.2, 0) is 0 Å². The van der Waals surface area contributed by atoms with Crippen LogP contribution in [-0.4, -0.2) is 34.5 Å². The molecule has 128 valence electrons. The lowest BCUT2D eigenvalue weighted by molar-refractivity contribution is 0.848. The van der Waals surface area contributed by atoms with E-state index in [-0.39, 0.29) is 15.8 Å². The summed E-state index contributed by atoms with van der Waals surface area (Å²) in [7, 11) is 0.254. The van der Waals surface area contributed by atoms with Crippen molar-refractivity contribution in [1.82, 2.24) is 0 Å². The van der Waals surface area contributed by atoms with Crippen molar-refractivity contribution < 1.29 is 0 Å². The van der Waals surface area contributed by atoms with Crippen LogP contribution in [0.2, 0.25) is 0 Å². The number of hydrogen-bond donors (Lipinski definition) is 0. The third-order valence-electron chi connectivity index (χ3n) is 4.77. The molecule has 1 atom stereocenters. The summed E-state index contributed by atoms with van der Waals surface area (Å²) in [5, 5.41) is 0. The van der Waals surface area contributed by atoms with Crippen molar-refractivity contribution in [3.8, 4) is 0 Å². The van der Waals surface area contributed by atoms with E-state index in [4.69, 9.17) is 0 Å². The Kier molecular flexibility index (Phi) is 8.89. The molecule has 0 aromatic rings. The Morgan fingerprint density at radius 2 is 1.41 bits per heavy atom. The molecule has 0 saturated carbocycles. The predicted octanol–water partition coefficient (Wildman–Crippen LogP) is 7.23. The highest BCUT2D eigenvalue weighted by molar-refractivity contribution is 7.60. The molecule has 0 aromatic carbocycles. The molecule has 0 heterocycles. The van der Waals surface area contributed by atoms with Gasteiger partial charge in [-0.3, -0.25) is 0 Å². The second-order valence-corrected chi connectivity index (χ2v) is 14.9. The third-order valence-corrected chi connectivity index (χ3v) is 11.9. The van der Waals surface area contributed by atoms with Gasteiger partial charge in [-0.2, -0.15) is 0 Å². The summed E-state index contributed by atoms with van der Waals surface area (Å²) in [6, 6.07) is 0. The van der Waals surface area contributed by atoms with Crippen LogP contribution in [0.25, 0.3) is 0 Å². The molecule has 0 spiro atoms. The summed E-state index contributed by atoms with van der Waals surface area (Å²) in [5.74, 6) is 0. The van der Waals surface area contributed by atoms with Crippen molar-refractivity contribution in [2.45, 2.75) is 96.5 Å². The minimum absolute atomic E-state index is 0.0798. The average Bonchev–Trinajstić information content (AvgIpc) is 2.89. The molecule has 1 rings (SSSR count). The topological polar surface area (TPSA) is 0 Å². The molecule has 0 bridgehead atoms. The fraction of sp³-hybridized carbons (Fsp3) is 0.800. The van der Waals surface area contributed by atoms with Crippen LogP contribution < -0.4 is 0 Å². The normalized spacial score (nSPS) is 16.9. The van der Waals surface area contributed by atoms with Gasteiger partial charge in [0, 0.05) is 5.66 Å². The summed E-state index contributed by atoms with van der Waals surface area (Å²) in [6.45, 7) is 19.6. The third kappa shape index (κ3) is 5.76. The van der Waals surface area contributed by atoms with Gasteiger partial charge in [-0.05, 0) is 41.6 Å². The minimum Gasteiger partial charge on any atom is -0.101 e. The highest BCUT2D eigenvalue weighted by atomic mass is 31.1. The lowest BCUT2D eigenvalue weighted by Crippen LogP contribution is -2.21. The van der Waals surface area contributed by atoms with E-state index in [9.17, 15) is 0 Å². The summed E-state index contributed by atoms with van der Waals surface area (Å²) in [4.78, 5) is 0. The van der Waals surface area contributed by atoms with Gasteiger partial charge >= 0.3 is 0 Å². The maximum absolute atomic E-state index is 2.45. The van der Waals surface area contributed by atoms with Crippen LogP contribution in [0.4, 0.5) is 0 Å². The summed E-state index contributed by atoms with van der Waals surface area (Å²) < 4.78 is 0. The minimum atomic E-state index is 0.0798. The highest BCUT2D eigenvalue weighted by Gasteiger charge is 2.30. The zero-order valence-corrected chi connectivity index (χ0v) is 17.9. The average molecular weight is 340 g/mol. The molecule has 0 nitrogen and oxygen atoms in total. The molecule has 0 amide bonds. The Hall–Kier alpha value is 0.340. The van der Waals surface area contributed by atoms with E-state index in [1.165, 1.54) is 19.0 Å². The zero-order chi connectivity index (χ0) is 16.9. The van der Waals surface area contributed by atoms with Gasteiger partial charge in [0.25, 0.3) is 0 Å². The molecule has 0 fully saturated rings. The van der Waals surface area contributed by atoms with Crippen molar-refractivity contribution in [1.29, 1.82) is 0 Å². The smallest absolute Gasteiger partial charge is 0.00148 e. The molecule has 0 saturated heterocycles. The molecule has 0 radical (unpaired) electrons. The molecule has 0 N–H and O–H groups in total. The van der Waals surface area contributed by atoms with E-state index < -0.39 is 0 Å². The first-order chi connectivity index (χ1) is 10.3. The van der Waals surface area contributed by atoms with Crippen molar-refractivity contribution in [3.05, 3.63) is 23.8 Å². The van der Waals surface area contributed by atoms with E-state index >= 15 is 0 Å². The summed E-state index contributed by atoms with van der Waals surface area (Å²) in [6.07, 6.45) is 11.2. The fourth-order valence-electron chi connectivity index (χ4n) is 3.94. The molecule has 0 aromatic heterocycles. The number of allylic oxidation sites excluding steroid dienone is 4. The van der Waals surface area contributed by atoms with Gasteiger partial charge in [0.15, 0.2) is 0 Å². The van der Waals surface area contributed by atoms with Crippen molar-refractivity contribution in [2.75, 3.05) is 6.16 Å². The first kappa shape index (κ1) is 20.4. The Labute approximate surface area is 142 Å². The van der Waals surface area contributed by atoms with Gasteiger partial charge in [-0.25, -0.2) is 0 Å². The fourth-order valence-corrected chi connectivity index (χ4v) is 10.6. The lowest BCUT2D eigenvalue weighted by atomic mass is 10.1. The van der Waals surface area contributed by atoms with Crippen molar-refractivity contribution in [3.63, 3.8) is 0 Å². The van der Waals surface area contributed by atoms with Gasteiger partial charge in [-0.1, -0.05) is 87.1 Å². The standard InChI is InChI=1S/C20H38P2/c1-15(2)21(16(3)4)14-13-20(19-11-9-10-12-19)22(17(5)6)18(7)8/h9-11,15-18,20H,12-14H2,1-8H3. The first-order valence-corrected chi connectivity index (χ1v) is 12.4. The van der Waals surface area contributed by atoms with Gasteiger partial charge in [0.05, 0.1) is 0 Å². The van der Waals surface area contributed by atoms with Crippen LogP contribution in [0.1, 0.15) is 68.2 Å². The van der Waals surface area contributed by atoms with Crippen LogP contribution >= 0.6 is 15.8 Å². The molecule has 22 heavy (non-hydrogen) atoms. The zero-order valence-electron chi connectivity index (χ0n) is 16.1. The molecule has 0 aliphatic heterocycles. The van der Waals surface area contributed by atoms with E-state index in [1.807, 2.05) is 0 Å². The predicted molar refractivity (Wildman–Crippen MR) is 109 cm³/mol. The van der Waals surface area contributed by atoms with E-state index in [1.54, 1.807) is 5.57 Å². The summed E-state index contributed by atoms with van der Waals surface area (Å²) in [5.41, 5.74) is 6.01. The van der Waals surface area contributed by atoms with Gasteiger partial charge < -0.3 is 0 Å². The monoisotopic (exact) mass is 340 g/mol. The summed E-state index contributed by atoms with van der Waals surface area (Å²) >= 11 is 0. The molecular weight excluding hydrogens is 302 g/mol. The van der Waals surface area contributed by atoms with E-state index in [2.05, 4.69) is 73.6 Å². The van der Waals surface area contributed by atoms with Gasteiger partial charge in [0.1, 0.15) is 0 Å². The Morgan fingerprint density at radius 3 is 1.77 bits per heavy atom. The van der Waals surface area contributed by atoms with Gasteiger partial charge in [-0.15, -0.1) is 7.92 Å².